The maximum atomic E-state index is 13.9. The molecule has 4 heterocycles. The highest BCUT2D eigenvalue weighted by atomic mass is 16.1. The van der Waals surface area contributed by atoms with Crippen molar-refractivity contribution in [3.05, 3.63) is 89.0 Å². The summed E-state index contributed by atoms with van der Waals surface area (Å²) in [6, 6.07) is 10.1. The van der Waals surface area contributed by atoms with Crippen LogP contribution in [0.3, 0.4) is 0 Å². The summed E-state index contributed by atoms with van der Waals surface area (Å²) < 4.78 is 5.52. The van der Waals surface area contributed by atoms with E-state index in [-0.39, 0.29) is 11.7 Å². The van der Waals surface area contributed by atoms with Gasteiger partial charge in [0.05, 0.1) is 11.6 Å². The van der Waals surface area contributed by atoms with Gasteiger partial charge in [0, 0.05) is 36.1 Å². The Labute approximate surface area is 209 Å². The van der Waals surface area contributed by atoms with Crippen molar-refractivity contribution in [1.82, 2.24) is 44.9 Å². The van der Waals surface area contributed by atoms with Crippen LogP contribution >= 0.6 is 0 Å². The van der Waals surface area contributed by atoms with Gasteiger partial charge in [-0.15, -0.1) is 5.10 Å². The number of hydrogen-bond acceptors (Lipinski definition) is 6. The number of unbranched alkanes of at least 4 members (excludes halogenated alkanes) is 1. The van der Waals surface area contributed by atoms with Crippen LogP contribution in [0.2, 0.25) is 0 Å². The molecule has 2 N–H and O–H groups in total. The van der Waals surface area contributed by atoms with Gasteiger partial charge in [-0.2, -0.15) is 5.10 Å². The van der Waals surface area contributed by atoms with Crippen LogP contribution in [-0.2, 0) is 18.4 Å². The largest absolute Gasteiger partial charge is 0.368 e. The normalized spacial score (nSPS) is 14.4. The van der Waals surface area contributed by atoms with Gasteiger partial charge in [0.2, 0.25) is 0 Å². The molecule has 0 amide bonds. The molecule has 186 valence electrons. The molecule has 0 fully saturated rings. The van der Waals surface area contributed by atoms with Crippen molar-refractivity contribution < 1.29 is 0 Å². The first-order chi connectivity index (χ1) is 17.5. The Hall–Kier alpha value is -4.21. The highest BCUT2D eigenvalue weighted by Crippen LogP contribution is 2.33. The van der Waals surface area contributed by atoms with Crippen molar-refractivity contribution >= 4 is 0 Å². The number of aromatic nitrogens is 8. The summed E-state index contributed by atoms with van der Waals surface area (Å²) in [5.74, 6) is 1.37. The van der Waals surface area contributed by atoms with Crippen LogP contribution in [0.1, 0.15) is 50.9 Å². The molecule has 0 saturated heterocycles. The first-order valence-electron chi connectivity index (χ1n) is 12.3. The fourth-order valence-electron chi connectivity index (χ4n) is 4.71. The zero-order chi connectivity index (χ0) is 25.1. The minimum atomic E-state index is -0.538. The summed E-state index contributed by atoms with van der Waals surface area (Å²) >= 11 is 0. The van der Waals surface area contributed by atoms with Crippen LogP contribution in [0.5, 0.6) is 0 Å². The third kappa shape index (κ3) is 4.30. The van der Waals surface area contributed by atoms with Crippen molar-refractivity contribution in [2.24, 2.45) is 0 Å². The molecule has 1 aromatic carbocycles. The molecule has 0 aliphatic carbocycles. The molecule has 3 aromatic heterocycles. The second-order valence-electron chi connectivity index (χ2n) is 9.39. The second kappa shape index (κ2) is 9.80. The van der Waals surface area contributed by atoms with Crippen molar-refractivity contribution in [2.45, 2.75) is 58.0 Å². The number of nitrogens with zero attached hydrogens (tertiary/aromatic N) is 7. The molecule has 5 rings (SSSR count). The van der Waals surface area contributed by atoms with Gasteiger partial charge in [-0.25, -0.2) is 14.6 Å². The Bertz CT molecular complexity index is 1420. The molecule has 0 radical (unpaired) electrons. The van der Waals surface area contributed by atoms with Crippen LogP contribution in [-0.4, -0.2) is 39.5 Å². The number of benzene rings is 1. The van der Waals surface area contributed by atoms with Gasteiger partial charge in [0.15, 0.2) is 5.82 Å². The topological polar surface area (TPSA) is 111 Å². The fraction of sp³-hybridized carbons (Fsp3) is 0.346. The average molecular weight is 486 g/mol. The van der Waals surface area contributed by atoms with E-state index in [1.807, 2.05) is 46.0 Å². The summed E-state index contributed by atoms with van der Waals surface area (Å²) in [5.41, 5.74) is 2.32. The summed E-state index contributed by atoms with van der Waals surface area (Å²) in [4.78, 5) is 13.9. The zero-order valence-electron chi connectivity index (χ0n) is 20.8. The maximum Gasteiger partial charge on any atom is 0.334 e. The lowest BCUT2D eigenvalue weighted by Crippen LogP contribution is -2.36. The van der Waals surface area contributed by atoms with Crippen molar-refractivity contribution in [3.8, 4) is 17.2 Å². The Balaban J connectivity index is 1.62. The monoisotopic (exact) mass is 485 g/mol. The SMILES string of the molecule is CCCCc1cn(-c2ccnn2C(C)C)c(=O)n1CC1(c2cccc(-c3nnn[nH]3)c2)C=CNC=C1. The number of rotatable bonds is 9. The molecular formula is C26H31N9O. The van der Waals surface area contributed by atoms with E-state index >= 15 is 0 Å². The lowest BCUT2D eigenvalue weighted by molar-refractivity contribution is 0.490. The third-order valence-corrected chi connectivity index (χ3v) is 6.63. The Kier molecular flexibility index (Phi) is 6.41. The first-order valence-corrected chi connectivity index (χ1v) is 12.3. The van der Waals surface area contributed by atoms with Gasteiger partial charge < -0.3 is 5.32 Å². The van der Waals surface area contributed by atoms with Gasteiger partial charge in [0.1, 0.15) is 5.82 Å². The molecule has 36 heavy (non-hydrogen) atoms. The quantitative estimate of drug-likeness (QED) is 0.375. The van der Waals surface area contributed by atoms with E-state index in [4.69, 9.17) is 0 Å². The number of imidazole rings is 1. The Morgan fingerprint density at radius 1 is 1.14 bits per heavy atom. The second-order valence-corrected chi connectivity index (χ2v) is 9.39. The van der Waals surface area contributed by atoms with Gasteiger partial charge in [-0.1, -0.05) is 43.7 Å². The van der Waals surface area contributed by atoms with E-state index in [2.05, 4.69) is 76.1 Å². The lowest BCUT2D eigenvalue weighted by Gasteiger charge is -2.31. The number of H-pyrrole nitrogens is 1. The highest BCUT2D eigenvalue weighted by molar-refractivity contribution is 5.57. The molecule has 0 saturated carbocycles. The number of aromatic amines is 1. The first kappa shape index (κ1) is 23.5. The van der Waals surface area contributed by atoms with Crippen LogP contribution < -0.4 is 11.0 Å². The highest BCUT2D eigenvalue weighted by Gasteiger charge is 2.31. The Morgan fingerprint density at radius 3 is 2.69 bits per heavy atom. The summed E-state index contributed by atoms with van der Waals surface area (Å²) in [7, 11) is 0. The van der Waals surface area contributed by atoms with Crippen molar-refractivity contribution in [3.63, 3.8) is 0 Å². The molecule has 4 aromatic rings. The number of allylic oxidation sites excluding steroid dienone is 2. The van der Waals surface area contributed by atoms with Crippen LogP contribution in [0.25, 0.3) is 17.2 Å². The van der Waals surface area contributed by atoms with Gasteiger partial charge >= 0.3 is 5.69 Å². The van der Waals surface area contributed by atoms with E-state index in [0.29, 0.717) is 12.4 Å². The average Bonchev–Trinajstić information content (AvgIpc) is 3.65. The predicted molar refractivity (Wildman–Crippen MR) is 138 cm³/mol. The number of nitrogens with one attached hydrogen (secondary N) is 2. The minimum absolute atomic E-state index is 0.0706. The molecule has 0 spiro atoms. The van der Waals surface area contributed by atoms with E-state index in [9.17, 15) is 4.79 Å². The Morgan fingerprint density at radius 2 is 1.97 bits per heavy atom. The summed E-state index contributed by atoms with van der Waals surface area (Å²) in [5, 5.41) is 21.9. The third-order valence-electron chi connectivity index (χ3n) is 6.63. The predicted octanol–water partition coefficient (Wildman–Crippen LogP) is 3.51. The number of hydrogen-bond donors (Lipinski definition) is 2. The molecule has 0 unspecified atom stereocenters. The molecule has 0 bridgehead atoms. The molecule has 1 aliphatic heterocycles. The maximum absolute atomic E-state index is 13.9. The van der Waals surface area contributed by atoms with Crippen LogP contribution in [0, 0.1) is 0 Å². The smallest absolute Gasteiger partial charge is 0.334 e. The standard InChI is InChI=1S/C26H31N9O/c1-4-5-9-22-17-33(23-10-13-28-35(23)19(2)3)25(36)34(22)18-26(11-14-27-15-12-26)21-8-6-7-20(16-21)24-29-31-32-30-24/h6-8,10-17,19,27H,4-5,9,18H2,1-3H3,(H,29,30,31,32). The fourth-order valence-corrected chi connectivity index (χ4v) is 4.71. The van der Waals surface area contributed by atoms with Gasteiger partial charge in [-0.3, -0.25) is 9.13 Å². The molecular weight excluding hydrogens is 454 g/mol. The summed E-state index contributed by atoms with van der Waals surface area (Å²) in [6.07, 6.45) is 14.6. The van der Waals surface area contributed by atoms with E-state index in [0.717, 1.165) is 41.9 Å². The van der Waals surface area contributed by atoms with Crippen molar-refractivity contribution in [1.29, 1.82) is 0 Å². The number of dihydropyridines is 1. The van der Waals surface area contributed by atoms with E-state index in [1.54, 1.807) is 10.8 Å². The molecule has 10 heteroatoms. The van der Waals surface area contributed by atoms with Crippen molar-refractivity contribution in [2.75, 3.05) is 0 Å². The molecule has 0 atom stereocenters. The lowest BCUT2D eigenvalue weighted by atomic mass is 9.78. The molecule has 10 nitrogen and oxygen atoms in total. The van der Waals surface area contributed by atoms with E-state index in [1.165, 1.54) is 0 Å². The van der Waals surface area contributed by atoms with Gasteiger partial charge in [0.25, 0.3) is 0 Å². The number of tetrazole rings is 1. The van der Waals surface area contributed by atoms with Gasteiger partial charge in [-0.05, 0) is 61.1 Å². The van der Waals surface area contributed by atoms with E-state index < -0.39 is 5.41 Å². The minimum Gasteiger partial charge on any atom is -0.368 e. The summed E-state index contributed by atoms with van der Waals surface area (Å²) in [6.45, 7) is 6.75. The number of aryl methyl sites for hydroxylation is 1. The zero-order valence-corrected chi connectivity index (χ0v) is 20.8. The van der Waals surface area contributed by atoms with Crippen LogP contribution in [0.4, 0.5) is 0 Å². The van der Waals surface area contributed by atoms with Crippen LogP contribution in [0.15, 0.2) is 72.1 Å². The molecule has 1 aliphatic rings.